The van der Waals surface area contributed by atoms with Gasteiger partial charge in [0, 0.05) is 35.5 Å². The van der Waals surface area contributed by atoms with Crippen molar-refractivity contribution < 1.29 is 0 Å². The summed E-state index contributed by atoms with van der Waals surface area (Å²) in [5, 5.41) is 5.58. The molecular formula is C16H15BrN4. The fourth-order valence-corrected chi connectivity index (χ4v) is 2.52. The Hall–Kier alpha value is -2.01. The van der Waals surface area contributed by atoms with Crippen LogP contribution in [0.2, 0.25) is 0 Å². The van der Waals surface area contributed by atoms with Gasteiger partial charge in [-0.05, 0) is 33.4 Å². The van der Waals surface area contributed by atoms with Crippen LogP contribution in [0.5, 0.6) is 0 Å². The minimum absolute atomic E-state index is 0.275. The van der Waals surface area contributed by atoms with E-state index in [0.29, 0.717) is 0 Å². The summed E-state index contributed by atoms with van der Waals surface area (Å²) in [4.78, 5) is 13.1. The van der Waals surface area contributed by atoms with E-state index in [2.05, 4.69) is 56.1 Å². The third-order valence-corrected chi connectivity index (χ3v) is 3.58. The fourth-order valence-electron chi connectivity index (χ4n) is 2.12. The van der Waals surface area contributed by atoms with Gasteiger partial charge >= 0.3 is 0 Å². The molecule has 4 nitrogen and oxygen atoms in total. The molecule has 0 saturated carbocycles. The van der Waals surface area contributed by atoms with Gasteiger partial charge in [-0.15, -0.1) is 0 Å². The van der Waals surface area contributed by atoms with Crippen LogP contribution in [0.25, 0.3) is 10.8 Å². The molecule has 0 atom stereocenters. The molecule has 0 saturated heterocycles. The highest BCUT2D eigenvalue weighted by molar-refractivity contribution is 9.10. The molecule has 2 aromatic heterocycles. The maximum atomic E-state index is 4.56. The molecule has 0 amide bonds. The summed E-state index contributed by atoms with van der Waals surface area (Å²) in [7, 11) is 0. The van der Waals surface area contributed by atoms with Crippen molar-refractivity contribution in [2.75, 3.05) is 5.32 Å². The molecular weight excluding hydrogens is 328 g/mol. The van der Waals surface area contributed by atoms with E-state index < -0.39 is 0 Å². The molecule has 0 aliphatic rings. The van der Waals surface area contributed by atoms with Crippen molar-refractivity contribution in [3.63, 3.8) is 0 Å². The standard InChI is InChI=1S/C16H15BrN4/c1-10(2)16-20-14(17)8-15(21-16)19-13-5-3-4-11-6-7-18-9-12(11)13/h3-10H,1-2H3,(H,19,20,21). The number of hydrogen-bond donors (Lipinski definition) is 1. The minimum atomic E-state index is 0.275. The topological polar surface area (TPSA) is 50.7 Å². The zero-order chi connectivity index (χ0) is 14.8. The van der Waals surface area contributed by atoms with Crippen molar-refractivity contribution in [1.82, 2.24) is 15.0 Å². The lowest BCUT2D eigenvalue weighted by atomic mass is 10.1. The number of halogens is 1. The first-order chi connectivity index (χ1) is 10.1. The van der Waals surface area contributed by atoms with E-state index in [0.717, 1.165) is 32.7 Å². The van der Waals surface area contributed by atoms with Gasteiger partial charge in [-0.3, -0.25) is 4.98 Å². The number of hydrogen-bond acceptors (Lipinski definition) is 4. The summed E-state index contributed by atoms with van der Waals surface area (Å²) in [6, 6.07) is 9.98. The van der Waals surface area contributed by atoms with Gasteiger partial charge in [0.05, 0.1) is 0 Å². The maximum absolute atomic E-state index is 4.56. The number of aromatic nitrogens is 3. The lowest BCUT2D eigenvalue weighted by Gasteiger charge is -2.11. The van der Waals surface area contributed by atoms with Crippen molar-refractivity contribution in [2.24, 2.45) is 0 Å². The highest BCUT2D eigenvalue weighted by atomic mass is 79.9. The second-order valence-corrected chi connectivity index (χ2v) is 5.93. The highest BCUT2D eigenvalue weighted by Gasteiger charge is 2.08. The number of nitrogens with one attached hydrogen (secondary N) is 1. The van der Waals surface area contributed by atoms with Crippen LogP contribution in [-0.2, 0) is 0 Å². The zero-order valence-corrected chi connectivity index (χ0v) is 13.4. The quantitative estimate of drug-likeness (QED) is 0.703. The van der Waals surface area contributed by atoms with E-state index in [4.69, 9.17) is 0 Å². The van der Waals surface area contributed by atoms with Crippen molar-refractivity contribution in [1.29, 1.82) is 0 Å². The molecule has 0 aliphatic carbocycles. The summed E-state index contributed by atoms with van der Waals surface area (Å²) in [5.74, 6) is 1.86. The molecule has 2 heterocycles. The molecule has 21 heavy (non-hydrogen) atoms. The van der Waals surface area contributed by atoms with Crippen LogP contribution in [0.3, 0.4) is 0 Å². The van der Waals surface area contributed by atoms with Gasteiger partial charge < -0.3 is 5.32 Å². The van der Waals surface area contributed by atoms with E-state index in [1.165, 1.54) is 0 Å². The first-order valence-electron chi connectivity index (χ1n) is 6.78. The Labute approximate surface area is 131 Å². The third-order valence-electron chi connectivity index (χ3n) is 3.17. The molecule has 3 aromatic rings. The first kappa shape index (κ1) is 13.9. The Morgan fingerprint density at radius 1 is 1.14 bits per heavy atom. The first-order valence-corrected chi connectivity index (χ1v) is 7.57. The molecule has 0 radical (unpaired) electrons. The van der Waals surface area contributed by atoms with Crippen LogP contribution < -0.4 is 5.32 Å². The number of fused-ring (bicyclic) bond motifs is 1. The molecule has 0 spiro atoms. The minimum Gasteiger partial charge on any atom is -0.340 e. The summed E-state index contributed by atoms with van der Waals surface area (Å²) >= 11 is 3.44. The van der Waals surface area contributed by atoms with Crippen LogP contribution >= 0.6 is 15.9 Å². The lowest BCUT2D eigenvalue weighted by Crippen LogP contribution is -2.02. The smallest absolute Gasteiger partial charge is 0.135 e. The molecule has 0 fully saturated rings. The van der Waals surface area contributed by atoms with Crippen molar-refractivity contribution in [2.45, 2.75) is 19.8 Å². The van der Waals surface area contributed by atoms with Gasteiger partial charge in [0.25, 0.3) is 0 Å². The summed E-state index contributed by atoms with van der Waals surface area (Å²) in [5.41, 5.74) is 0.987. The van der Waals surface area contributed by atoms with Crippen LogP contribution in [0.1, 0.15) is 25.6 Å². The zero-order valence-electron chi connectivity index (χ0n) is 11.8. The van der Waals surface area contributed by atoms with Crippen LogP contribution in [0, 0.1) is 0 Å². The second kappa shape index (κ2) is 5.77. The van der Waals surface area contributed by atoms with E-state index in [1.807, 2.05) is 30.5 Å². The number of pyridine rings is 1. The van der Waals surface area contributed by atoms with Crippen molar-refractivity contribution >= 4 is 38.2 Å². The molecule has 1 N–H and O–H groups in total. The fraction of sp³-hybridized carbons (Fsp3) is 0.188. The van der Waals surface area contributed by atoms with Crippen LogP contribution in [0.4, 0.5) is 11.5 Å². The van der Waals surface area contributed by atoms with E-state index in [1.54, 1.807) is 6.20 Å². The molecule has 106 valence electrons. The molecule has 5 heteroatoms. The third kappa shape index (κ3) is 3.03. The normalized spacial score (nSPS) is 11.0. The molecule has 0 aliphatic heterocycles. The second-order valence-electron chi connectivity index (χ2n) is 5.12. The molecule has 0 bridgehead atoms. The summed E-state index contributed by atoms with van der Waals surface area (Å²) < 4.78 is 0.780. The monoisotopic (exact) mass is 342 g/mol. The van der Waals surface area contributed by atoms with Crippen LogP contribution in [0.15, 0.2) is 47.3 Å². The Balaban J connectivity index is 2.03. The van der Waals surface area contributed by atoms with E-state index >= 15 is 0 Å². The Morgan fingerprint density at radius 3 is 2.81 bits per heavy atom. The lowest BCUT2D eigenvalue weighted by molar-refractivity contribution is 0.771. The van der Waals surface area contributed by atoms with E-state index in [-0.39, 0.29) is 5.92 Å². The van der Waals surface area contributed by atoms with Gasteiger partial charge in [-0.2, -0.15) is 0 Å². The van der Waals surface area contributed by atoms with Gasteiger partial charge in [-0.25, -0.2) is 9.97 Å². The number of nitrogens with zero attached hydrogens (tertiary/aromatic N) is 3. The summed E-state index contributed by atoms with van der Waals surface area (Å²) in [6.45, 7) is 4.15. The molecule has 3 rings (SSSR count). The maximum Gasteiger partial charge on any atom is 0.135 e. The predicted octanol–water partition coefficient (Wildman–Crippen LogP) is 4.65. The molecule has 0 unspecified atom stereocenters. The van der Waals surface area contributed by atoms with Gasteiger partial charge in [-0.1, -0.05) is 26.0 Å². The Kier molecular flexibility index (Phi) is 3.84. The van der Waals surface area contributed by atoms with Gasteiger partial charge in [0.2, 0.25) is 0 Å². The predicted molar refractivity (Wildman–Crippen MR) is 88.8 cm³/mol. The largest absolute Gasteiger partial charge is 0.340 e. The SMILES string of the molecule is CC(C)c1nc(Br)cc(Nc2cccc3ccncc23)n1. The Morgan fingerprint density at radius 2 is 2.00 bits per heavy atom. The van der Waals surface area contributed by atoms with Gasteiger partial charge in [0.1, 0.15) is 16.2 Å². The van der Waals surface area contributed by atoms with Crippen molar-refractivity contribution in [3.05, 3.63) is 53.2 Å². The number of rotatable bonds is 3. The molecule has 1 aromatic carbocycles. The van der Waals surface area contributed by atoms with Crippen molar-refractivity contribution in [3.8, 4) is 0 Å². The average molecular weight is 343 g/mol. The number of benzene rings is 1. The summed E-state index contributed by atoms with van der Waals surface area (Å²) in [6.07, 6.45) is 3.65. The average Bonchev–Trinajstić information content (AvgIpc) is 2.47. The van der Waals surface area contributed by atoms with Gasteiger partial charge in [0.15, 0.2) is 0 Å². The Bertz CT molecular complexity index is 781. The number of anilines is 2. The van der Waals surface area contributed by atoms with E-state index in [9.17, 15) is 0 Å². The van der Waals surface area contributed by atoms with Crippen LogP contribution in [-0.4, -0.2) is 15.0 Å². The highest BCUT2D eigenvalue weighted by Crippen LogP contribution is 2.26.